The summed E-state index contributed by atoms with van der Waals surface area (Å²) in [6, 6.07) is 0. The predicted octanol–water partition coefficient (Wildman–Crippen LogP) is 2.59. The van der Waals surface area contributed by atoms with E-state index in [0.29, 0.717) is 0 Å². The molecule has 13 heavy (non-hydrogen) atoms. The van der Waals surface area contributed by atoms with E-state index in [1.807, 2.05) is 11.7 Å². The van der Waals surface area contributed by atoms with Gasteiger partial charge in [-0.15, -0.1) is 0 Å². The number of hydrogen-bond acceptors (Lipinski definition) is 1. The summed E-state index contributed by atoms with van der Waals surface area (Å²) in [7, 11) is 2.02. The molecule has 0 radical (unpaired) electrons. The number of rotatable bonds is 1. The molecule has 0 N–H and O–H groups in total. The topological polar surface area (TPSA) is 17.8 Å². The van der Waals surface area contributed by atoms with Gasteiger partial charge in [-0.2, -0.15) is 5.10 Å². The van der Waals surface area contributed by atoms with Crippen LogP contribution < -0.4 is 0 Å². The van der Waals surface area contributed by atoms with Crippen LogP contribution in [0.5, 0.6) is 0 Å². The standard InChI is InChI=1S/C11H20N2/c1-7-9-10(11(3,4)5)8(2)13(6)12-9/h7H2,1-6H3. The largest absolute Gasteiger partial charge is 0.272 e. The second-order valence-electron chi connectivity index (χ2n) is 4.63. The van der Waals surface area contributed by atoms with Gasteiger partial charge >= 0.3 is 0 Å². The molecule has 0 bridgehead atoms. The van der Waals surface area contributed by atoms with E-state index in [0.717, 1.165) is 6.42 Å². The fourth-order valence-corrected chi connectivity index (χ4v) is 1.90. The minimum Gasteiger partial charge on any atom is -0.272 e. The Labute approximate surface area is 81.0 Å². The fraction of sp³-hybridized carbons (Fsp3) is 0.727. The lowest BCUT2D eigenvalue weighted by atomic mass is 9.85. The molecule has 0 aliphatic rings. The van der Waals surface area contributed by atoms with Crippen molar-refractivity contribution in [2.75, 3.05) is 0 Å². The van der Waals surface area contributed by atoms with Gasteiger partial charge in [0.2, 0.25) is 0 Å². The molecule has 0 aliphatic heterocycles. The molecule has 1 rings (SSSR count). The van der Waals surface area contributed by atoms with Gasteiger partial charge in [0.05, 0.1) is 5.69 Å². The van der Waals surface area contributed by atoms with Crippen molar-refractivity contribution in [2.24, 2.45) is 7.05 Å². The maximum Gasteiger partial charge on any atom is 0.0661 e. The highest BCUT2D eigenvalue weighted by molar-refractivity contribution is 5.32. The summed E-state index contributed by atoms with van der Waals surface area (Å²) in [5.74, 6) is 0. The molecule has 1 heterocycles. The van der Waals surface area contributed by atoms with Crippen LogP contribution in [0.25, 0.3) is 0 Å². The van der Waals surface area contributed by atoms with Crippen molar-refractivity contribution in [1.82, 2.24) is 9.78 Å². The highest BCUT2D eigenvalue weighted by Gasteiger charge is 2.23. The summed E-state index contributed by atoms with van der Waals surface area (Å²) in [6.45, 7) is 11.0. The van der Waals surface area contributed by atoms with Gasteiger partial charge in [0.1, 0.15) is 0 Å². The Bertz CT molecular complexity index is 303. The Morgan fingerprint density at radius 1 is 1.31 bits per heavy atom. The zero-order valence-electron chi connectivity index (χ0n) is 9.60. The van der Waals surface area contributed by atoms with Crippen molar-refractivity contribution in [3.63, 3.8) is 0 Å². The van der Waals surface area contributed by atoms with Crippen molar-refractivity contribution >= 4 is 0 Å². The second-order valence-corrected chi connectivity index (χ2v) is 4.63. The molecule has 0 fully saturated rings. The molecule has 0 unspecified atom stereocenters. The van der Waals surface area contributed by atoms with Crippen LogP contribution in [-0.4, -0.2) is 9.78 Å². The maximum atomic E-state index is 4.51. The van der Waals surface area contributed by atoms with E-state index in [9.17, 15) is 0 Å². The van der Waals surface area contributed by atoms with Gasteiger partial charge in [0, 0.05) is 18.3 Å². The molecule has 0 aliphatic carbocycles. The molecule has 2 nitrogen and oxygen atoms in total. The van der Waals surface area contributed by atoms with Crippen LogP contribution in [0.1, 0.15) is 44.6 Å². The lowest BCUT2D eigenvalue weighted by molar-refractivity contribution is 0.578. The third-order valence-electron chi connectivity index (χ3n) is 2.49. The summed E-state index contributed by atoms with van der Waals surface area (Å²) in [4.78, 5) is 0. The van der Waals surface area contributed by atoms with Crippen LogP contribution >= 0.6 is 0 Å². The van der Waals surface area contributed by atoms with Gasteiger partial charge in [-0.3, -0.25) is 4.68 Å². The zero-order valence-corrected chi connectivity index (χ0v) is 9.60. The smallest absolute Gasteiger partial charge is 0.0661 e. The van der Waals surface area contributed by atoms with Gasteiger partial charge in [-0.25, -0.2) is 0 Å². The molecule has 2 heteroatoms. The summed E-state index contributed by atoms with van der Waals surface area (Å²) in [5.41, 5.74) is 4.17. The first kappa shape index (κ1) is 10.3. The number of aromatic nitrogens is 2. The molecule has 0 atom stereocenters. The van der Waals surface area contributed by atoms with E-state index < -0.39 is 0 Å². The van der Waals surface area contributed by atoms with E-state index in [-0.39, 0.29) is 5.41 Å². The highest BCUT2D eigenvalue weighted by Crippen LogP contribution is 2.28. The zero-order chi connectivity index (χ0) is 10.2. The van der Waals surface area contributed by atoms with Gasteiger partial charge in [0.15, 0.2) is 0 Å². The lowest BCUT2D eigenvalue weighted by Gasteiger charge is -2.19. The molecule has 0 saturated heterocycles. The Morgan fingerprint density at radius 2 is 1.85 bits per heavy atom. The second kappa shape index (κ2) is 3.17. The molecule has 0 spiro atoms. The molecule has 1 aromatic rings. The van der Waals surface area contributed by atoms with E-state index in [1.165, 1.54) is 17.0 Å². The first-order chi connectivity index (χ1) is 5.88. The van der Waals surface area contributed by atoms with E-state index in [1.54, 1.807) is 0 Å². The quantitative estimate of drug-likeness (QED) is 0.649. The first-order valence-corrected chi connectivity index (χ1v) is 4.91. The lowest BCUT2D eigenvalue weighted by Crippen LogP contribution is -2.14. The van der Waals surface area contributed by atoms with Crippen molar-refractivity contribution in [2.45, 2.75) is 46.5 Å². The average molecular weight is 180 g/mol. The van der Waals surface area contributed by atoms with Gasteiger partial charge in [-0.05, 0) is 18.8 Å². The Morgan fingerprint density at radius 3 is 2.15 bits per heavy atom. The van der Waals surface area contributed by atoms with Gasteiger partial charge < -0.3 is 0 Å². The number of nitrogens with zero attached hydrogens (tertiary/aromatic N) is 2. The number of aryl methyl sites for hydroxylation is 2. The van der Waals surface area contributed by atoms with Crippen LogP contribution in [0, 0.1) is 6.92 Å². The summed E-state index contributed by atoms with van der Waals surface area (Å²) >= 11 is 0. The van der Waals surface area contributed by atoms with E-state index in [4.69, 9.17) is 0 Å². The Kier molecular flexibility index (Phi) is 2.51. The van der Waals surface area contributed by atoms with Crippen molar-refractivity contribution in [3.05, 3.63) is 17.0 Å². The number of hydrogen-bond donors (Lipinski definition) is 0. The summed E-state index contributed by atoms with van der Waals surface area (Å²) in [5, 5.41) is 4.51. The van der Waals surface area contributed by atoms with Gasteiger partial charge in [0.25, 0.3) is 0 Å². The SMILES string of the molecule is CCc1nn(C)c(C)c1C(C)(C)C. The monoisotopic (exact) mass is 180 g/mol. The predicted molar refractivity (Wildman–Crippen MR) is 56.0 cm³/mol. The molecule has 74 valence electrons. The molecule has 0 amide bonds. The minimum atomic E-state index is 0.212. The van der Waals surface area contributed by atoms with Crippen LogP contribution in [0.2, 0.25) is 0 Å². The van der Waals surface area contributed by atoms with Crippen molar-refractivity contribution < 1.29 is 0 Å². The first-order valence-electron chi connectivity index (χ1n) is 4.91. The fourth-order valence-electron chi connectivity index (χ4n) is 1.90. The molecule has 1 aromatic heterocycles. The van der Waals surface area contributed by atoms with Crippen LogP contribution in [0.3, 0.4) is 0 Å². The Balaban J connectivity index is 3.33. The van der Waals surface area contributed by atoms with E-state index >= 15 is 0 Å². The van der Waals surface area contributed by atoms with E-state index in [2.05, 4.69) is 39.7 Å². The van der Waals surface area contributed by atoms with Crippen molar-refractivity contribution in [3.8, 4) is 0 Å². The Hall–Kier alpha value is -0.790. The maximum absolute atomic E-state index is 4.51. The molecule has 0 aromatic carbocycles. The van der Waals surface area contributed by atoms with Crippen molar-refractivity contribution in [1.29, 1.82) is 0 Å². The highest BCUT2D eigenvalue weighted by atomic mass is 15.3. The molecular weight excluding hydrogens is 160 g/mol. The third-order valence-corrected chi connectivity index (χ3v) is 2.49. The van der Waals surface area contributed by atoms with Gasteiger partial charge in [-0.1, -0.05) is 27.7 Å². The average Bonchev–Trinajstić information content (AvgIpc) is 2.26. The summed E-state index contributed by atoms with van der Waals surface area (Å²) in [6.07, 6.45) is 1.02. The minimum absolute atomic E-state index is 0.212. The third kappa shape index (κ3) is 1.77. The van der Waals surface area contributed by atoms with Crippen LogP contribution in [0.4, 0.5) is 0 Å². The summed E-state index contributed by atoms with van der Waals surface area (Å²) < 4.78 is 1.99. The molecule has 0 saturated carbocycles. The van der Waals surface area contributed by atoms with Crippen LogP contribution in [0.15, 0.2) is 0 Å². The molecular formula is C11H20N2. The van der Waals surface area contributed by atoms with Crippen LogP contribution in [-0.2, 0) is 18.9 Å². The normalized spacial score (nSPS) is 12.2.